The number of benzene rings is 1. The van der Waals surface area contributed by atoms with Crippen LogP contribution in [0.25, 0.3) is 0 Å². The van der Waals surface area contributed by atoms with E-state index in [2.05, 4.69) is 16.6 Å². The molecule has 0 aliphatic carbocycles. The number of ether oxygens (including phenoxy) is 1. The largest absolute Gasteiger partial charge is 0.459 e. The highest BCUT2D eigenvalue weighted by Gasteiger charge is 2.04. The highest BCUT2D eigenvalue weighted by atomic mass is 16.5. The highest BCUT2D eigenvalue weighted by Crippen LogP contribution is 2.05. The molecule has 2 N–H and O–H groups in total. The van der Waals surface area contributed by atoms with Gasteiger partial charge in [0.25, 0.3) is 0 Å². The van der Waals surface area contributed by atoms with Crippen molar-refractivity contribution in [2.45, 2.75) is 0 Å². The van der Waals surface area contributed by atoms with Gasteiger partial charge in [0.2, 0.25) is 5.91 Å². The summed E-state index contributed by atoms with van der Waals surface area (Å²) in [6.45, 7) is 0. The molecule has 15 heavy (non-hydrogen) atoms. The van der Waals surface area contributed by atoms with Crippen molar-refractivity contribution in [3.8, 4) is 11.8 Å². The van der Waals surface area contributed by atoms with Crippen LogP contribution in [0.15, 0.2) is 24.3 Å². The number of carbonyl (C=O) groups excluding carboxylic acids is 2. The Labute approximate surface area is 87.0 Å². The first kappa shape index (κ1) is 10.8. The summed E-state index contributed by atoms with van der Waals surface area (Å²) in [5, 5.41) is 0. The second kappa shape index (κ2) is 4.82. The van der Waals surface area contributed by atoms with E-state index >= 15 is 0 Å². The Morgan fingerprint density at radius 3 is 2.60 bits per heavy atom. The molecule has 1 aromatic rings. The molecule has 4 heteroatoms. The third-order valence-corrected chi connectivity index (χ3v) is 1.68. The Bertz CT molecular complexity index is 454. The molecule has 1 aromatic carbocycles. The second-order valence-electron chi connectivity index (χ2n) is 2.65. The second-order valence-corrected chi connectivity index (χ2v) is 2.65. The van der Waals surface area contributed by atoms with Gasteiger partial charge >= 0.3 is 5.97 Å². The fourth-order valence-electron chi connectivity index (χ4n) is 0.976. The van der Waals surface area contributed by atoms with Crippen LogP contribution >= 0.6 is 0 Å². The number of esters is 1. The van der Waals surface area contributed by atoms with Gasteiger partial charge in [-0.15, -0.1) is 0 Å². The van der Waals surface area contributed by atoms with Gasteiger partial charge in [0.1, 0.15) is 0 Å². The zero-order valence-corrected chi connectivity index (χ0v) is 8.11. The van der Waals surface area contributed by atoms with E-state index in [-0.39, 0.29) is 5.56 Å². The third-order valence-electron chi connectivity index (χ3n) is 1.68. The van der Waals surface area contributed by atoms with E-state index in [4.69, 9.17) is 5.73 Å². The third kappa shape index (κ3) is 2.85. The predicted octanol–water partition coefficient (Wildman–Crippen LogP) is 0.310. The lowest BCUT2D eigenvalue weighted by atomic mass is 10.1. The molecule has 0 fully saturated rings. The maximum absolute atomic E-state index is 11.0. The van der Waals surface area contributed by atoms with Crippen molar-refractivity contribution in [2.24, 2.45) is 5.73 Å². The molecule has 4 nitrogen and oxygen atoms in total. The van der Waals surface area contributed by atoms with Gasteiger partial charge in [0.15, 0.2) is 0 Å². The summed E-state index contributed by atoms with van der Waals surface area (Å²) in [6.07, 6.45) is 0. The van der Waals surface area contributed by atoms with Gasteiger partial charge in [0.05, 0.1) is 12.7 Å². The van der Waals surface area contributed by atoms with Crippen molar-refractivity contribution in [3.63, 3.8) is 0 Å². The lowest BCUT2D eigenvalue weighted by Crippen LogP contribution is -2.12. The fraction of sp³-hybridized carbons (Fsp3) is 0.0909. The van der Waals surface area contributed by atoms with Gasteiger partial charge in [-0.05, 0) is 12.1 Å². The number of nitrogens with two attached hydrogens (primary N) is 1. The van der Waals surface area contributed by atoms with Crippen molar-refractivity contribution in [1.29, 1.82) is 0 Å². The van der Waals surface area contributed by atoms with Gasteiger partial charge in [-0.2, -0.15) is 0 Å². The molecule has 76 valence electrons. The van der Waals surface area contributed by atoms with E-state index in [0.29, 0.717) is 5.56 Å². The van der Waals surface area contributed by atoms with Gasteiger partial charge in [0, 0.05) is 11.5 Å². The first-order valence-electron chi connectivity index (χ1n) is 4.14. The topological polar surface area (TPSA) is 69.4 Å². The molecule has 0 bridgehead atoms. The normalized spacial score (nSPS) is 8.60. The summed E-state index contributed by atoms with van der Waals surface area (Å²) in [5.74, 6) is 3.51. The first-order chi connectivity index (χ1) is 7.15. The standard InChI is InChI=1S/C11H9NO3/c1-15-10(13)7-6-8-4-2-3-5-9(8)11(12)14/h2-5H,1H3,(H2,12,14). The Balaban J connectivity index is 3.08. The average Bonchev–Trinajstić information content (AvgIpc) is 2.26. The van der Waals surface area contributed by atoms with E-state index in [1.165, 1.54) is 7.11 Å². The van der Waals surface area contributed by atoms with Crippen molar-refractivity contribution in [3.05, 3.63) is 35.4 Å². The smallest absolute Gasteiger partial charge is 0.384 e. The van der Waals surface area contributed by atoms with Crippen LogP contribution in [0.3, 0.4) is 0 Å². The molecule has 0 saturated heterocycles. The van der Waals surface area contributed by atoms with Crippen LogP contribution in [0.2, 0.25) is 0 Å². The average molecular weight is 203 g/mol. The lowest BCUT2D eigenvalue weighted by Gasteiger charge is -1.97. The number of methoxy groups -OCH3 is 1. The molecule has 1 amide bonds. The molecule has 0 aromatic heterocycles. The quantitative estimate of drug-likeness (QED) is 0.527. The van der Waals surface area contributed by atoms with Crippen molar-refractivity contribution in [2.75, 3.05) is 7.11 Å². The van der Waals surface area contributed by atoms with Crippen LogP contribution in [0.5, 0.6) is 0 Å². The molecule has 0 atom stereocenters. The van der Waals surface area contributed by atoms with E-state index in [1.807, 2.05) is 0 Å². The molecule has 0 radical (unpaired) electrons. The summed E-state index contributed by atoms with van der Waals surface area (Å²) in [5.41, 5.74) is 5.83. The molecule has 0 aliphatic heterocycles. The number of primary amides is 1. The van der Waals surface area contributed by atoms with Crippen LogP contribution in [-0.2, 0) is 9.53 Å². The number of hydrogen-bond donors (Lipinski definition) is 1. The zero-order chi connectivity index (χ0) is 11.3. The van der Waals surface area contributed by atoms with E-state index in [9.17, 15) is 9.59 Å². The van der Waals surface area contributed by atoms with Crippen LogP contribution in [0.4, 0.5) is 0 Å². The van der Waals surface area contributed by atoms with E-state index in [0.717, 1.165) is 0 Å². The van der Waals surface area contributed by atoms with Crippen LogP contribution in [0.1, 0.15) is 15.9 Å². The summed E-state index contributed by atoms with van der Waals surface area (Å²) < 4.78 is 4.34. The predicted molar refractivity (Wildman–Crippen MR) is 53.9 cm³/mol. The SMILES string of the molecule is COC(=O)C#Cc1ccccc1C(N)=O. The van der Waals surface area contributed by atoms with Gasteiger partial charge in [-0.3, -0.25) is 4.79 Å². The Kier molecular flexibility index (Phi) is 3.47. The van der Waals surface area contributed by atoms with Crippen LogP contribution < -0.4 is 5.73 Å². The fourth-order valence-corrected chi connectivity index (χ4v) is 0.976. The molecule has 0 unspecified atom stereocenters. The minimum atomic E-state index is -0.658. The summed E-state index contributed by atoms with van der Waals surface area (Å²) in [4.78, 5) is 21.7. The Morgan fingerprint density at radius 2 is 2.00 bits per heavy atom. The van der Waals surface area contributed by atoms with Crippen molar-refractivity contribution in [1.82, 2.24) is 0 Å². The maximum Gasteiger partial charge on any atom is 0.384 e. The van der Waals surface area contributed by atoms with Crippen LogP contribution in [-0.4, -0.2) is 19.0 Å². The molecule has 0 heterocycles. The van der Waals surface area contributed by atoms with Crippen LogP contribution in [0, 0.1) is 11.8 Å². The molecule has 0 aliphatic rings. The van der Waals surface area contributed by atoms with Crippen molar-refractivity contribution < 1.29 is 14.3 Å². The summed E-state index contributed by atoms with van der Waals surface area (Å²) >= 11 is 0. The minimum absolute atomic E-state index is 0.286. The molecular formula is C11H9NO3. The van der Waals surface area contributed by atoms with E-state index < -0.39 is 11.9 Å². The zero-order valence-electron chi connectivity index (χ0n) is 8.11. The summed E-state index contributed by atoms with van der Waals surface area (Å²) in [6, 6.07) is 6.52. The van der Waals surface area contributed by atoms with Gasteiger partial charge in [-0.25, -0.2) is 4.79 Å². The minimum Gasteiger partial charge on any atom is -0.459 e. The van der Waals surface area contributed by atoms with E-state index in [1.54, 1.807) is 24.3 Å². The lowest BCUT2D eigenvalue weighted by molar-refractivity contribution is -0.133. The first-order valence-corrected chi connectivity index (χ1v) is 4.14. The molecule has 0 spiro atoms. The number of amides is 1. The number of rotatable bonds is 1. The van der Waals surface area contributed by atoms with Gasteiger partial charge in [-0.1, -0.05) is 18.1 Å². The number of carbonyl (C=O) groups is 2. The maximum atomic E-state index is 11.0. The molecular weight excluding hydrogens is 194 g/mol. The Morgan fingerprint density at radius 1 is 1.33 bits per heavy atom. The molecule has 0 saturated carbocycles. The molecule has 1 rings (SSSR count). The Hall–Kier alpha value is -2.28. The highest BCUT2D eigenvalue weighted by molar-refractivity contribution is 5.96. The monoisotopic (exact) mass is 203 g/mol. The van der Waals surface area contributed by atoms with Crippen molar-refractivity contribution >= 4 is 11.9 Å². The van der Waals surface area contributed by atoms with Gasteiger partial charge < -0.3 is 10.5 Å². The summed E-state index contributed by atoms with van der Waals surface area (Å²) in [7, 11) is 1.23. The number of hydrogen-bond acceptors (Lipinski definition) is 3.